The van der Waals surface area contributed by atoms with E-state index in [-0.39, 0.29) is 11.3 Å². The highest BCUT2D eigenvalue weighted by atomic mass is 16.6. The molecule has 2 amide bonds. The SMILES string of the molecule is COC(=O)c1cc(NC(=O)Nc2cc3n(n2)CCC3)cc2c1Oc1ccccc1O2. The number of nitrogens with one attached hydrogen (secondary N) is 2. The maximum atomic E-state index is 12.5. The standard InChI is InChI=1S/C21H18N4O5/c1-28-20(26)14-9-12(10-17-19(14)30-16-7-3-2-6-15(16)29-17)22-21(27)23-18-11-13-5-4-8-25(13)24-18/h2-3,6-7,9-11H,4-5,8H2,1H3,(H2,22,23,24,27). The van der Waals surface area contributed by atoms with E-state index in [1.165, 1.54) is 13.2 Å². The molecule has 0 radical (unpaired) electrons. The Kier molecular flexibility index (Phi) is 4.27. The van der Waals surface area contributed by atoms with Gasteiger partial charge in [0.1, 0.15) is 5.56 Å². The van der Waals surface area contributed by atoms with E-state index in [4.69, 9.17) is 14.2 Å². The van der Waals surface area contributed by atoms with Gasteiger partial charge in [-0.15, -0.1) is 0 Å². The summed E-state index contributed by atoms with van der Waals surface area (Å²) in [6.07, 6.45) is 2.01. The molecule has 3 heterocycles. The summed E-state index contributed by atoms with van der Waals surface area (Å²) in [5, 5.41) is 9.77. The highest BCUT2D eigenvalue weighted by Gasteiger charge is 2.27. The summed E-state index contributed by atoms with van der Waals surface area (Å²) < 4.78 is 18.5. The van der Waals surface area contributed by atoms with Crippen LogP contribution >= 0.6 is 0 Å². The van der Waals surface area contributed by atoms with E-state index >= 15 is 0 Å². The fraction of sp³-hybridized carbons (Fsp3) is 0.190. The minimum Gasteiger partial charge on any atom is -0.465 e. The van der Waals surface area contributed by atoms with Crippen LogP contribution in [0.1, 0.15) is 22.5 Å². The summed E-state index contributed by atoms with van der Waals surface area (Å²) in [4.78, 5) is 24.8. The number of hydrogen-bond acceptors (Lipinski definition) is 6. The number of para-hydroxylation sites is 2. The monoisotopic (exact) mass is 406 g/mol. The van der Waals surface area contributed by atoms with Crippen LogP contribution in [0.3, 0.4) is 0 Å². The van der Waals surface area contributed by atoms with Crippen molar-refractivity contribution in [3.05, 3.63) is 53.7 Å². The van der Waals surface area contributed by atoms with Crippen LogP contribution in [-0.2, 0) is 17.7 Å². The van der Waals surface area contributed by atoms with Gasteiger partial charge in [-0.25, -0.2) is 9.59 Å². The highest BCUT2D eigenvalue weighted by molar-refractivity contribution is 6.01. The smallest absolute Gasteiger partial charge is 0.341 e. The molecule has 152 valence electrons. The number of aryl methyl sites for hydroxylation is 2. The average Bonchev–Trinajstić information content (AvgIpc) is 3.32. The van der Waals surface area contributed by atoms with Crippen LogP contribution in [-0.4, -0.2) is 28.9 Å². The van der Waals surface area contributed by atoms with E-state index in [0.29, 0.717) is 28.8 Å². The molecule has 0 saturated heterocycles. The van der Waals surface area contributed by atoms with Crippen molar-refractivity contribution in [2.24, 2.45) is 0 Å². The number of aromatic nitrogens is 2. The predicted molar refractivity (Wildman–Crippen MR) is 108 cm³/mol. The van der Waals surface area contributed by atoms with Crippen molar-refractivity contribution in [3.63, 3.8) is 0 Å². The van der Waals surface area contributed by atoms with E-state index in [9.17, 15) is 9.59 Å². The molecule has 0 aliphatic carbocycles. The van der Waals surface area contributed by atoms with Gasteiger partial charge in [-0.2, -0.15) is 5.10 Å². The van der Waals surface area contributed by atoms with Crippen molar-refractivity contribution < 1.29 is 23.8 Å². The first kappa shape index (κ1) is 18.0. The number of urea groups is 1. The summed E-state index contributed by atoms with van der Waals surface area (Å²) in [5.41, 5.74) is 1.58. The summed E-state index contributed by atoms with van der Waals surface area (Å²) >= 11 is 0. The topological polar surface area (TPSA) is 104 Å². The molecular formula is C21H18N4O5. The first-order valence-electron chi connectivity index (χ1n) is 9.46. The minimum atomic E-state index is -0.608. The molecule has 0 fully saturated rings. The van der Waals surface area contributed by atoms with Gasteiger partial charge in [0.2, 0.25) is 0 Å². The van der Waals surface area contributed by atoms with E-state index in [1.54, 1.807) is 24.3 Å². The molecule has 2 aromatic carbocycles. The Morgan fingerprint density at radius 1 is 1.07 bits per heavy atom. The molecule has 0 unspecified atom stereocenters. The second kappa shape index (κ2) is 7.11. The number of anilines is 2. The molecule has 3 aromatic rings. The number of nitrogens with zero attached hydrogens (tertiary/aromatic N) is 2. The number of carbonyl (C=O) groups is 2. The number of benzene rings is 2. The lowest BCUT2D eigenvalue weighted by Crippen LogP contribution is -2.20. The lowest BCUT2D eigenvalue weighted by Gasteiger charge is -2.23. The maximum Gasteiger partial charge on any atom is 0.341 e. The van der Waals surface area contributed by atoms with Crippen LogP contribution in [0.2, 0.25) is 0 Å². The van der Waals surface area contributed by atoms with E-state index in [2.05, 4.69) is 15.7 Å². The van der Waals surface area contributed by atoms with Gasteiger partial charge >= 0.3 is 12.0 Å². The first-order chi connectivity index (χ1) is 14.6. The van der Waals surface area contributed by atoms with Gasteiger partial charge in [0.25, 0.3) is 0 Å². The second-order valence-electron chi connectivity index (χ2n) is 6.92. The van der Waals surface area contributed by atoms with Crippen molar-refractivity contribution in [3.8, 4) is 23.0 Å². The Morgan fingerprint density at radius 2 is 1.87 bits per heavy atom. The molecule has 0 spiro atoms. The lowest BCUT2D eigenvalue weighted by molar-refractivity contribution is 0.0597. The number of rotatable bonds is 3. The zero-order valence-electron chi connectivity index (χ0n) is 16.1. The molecule has 9 heteroatoms. The van der Waals surface area contributed by atoms with Gasteiger partial charge in [-0.3, -0.25) is 10.00 Å². The summed E-state index contributed by atoms with van der Waals surface area (Å²) in [5.74, 6) is 1.40. The zero-order valence-corrected chi connectivity index (χ0v) is 16.1. The highest BCUT2D eigenvalue weighted by Crippen LogP contribution is 2.48. The first-order valence-corrected chi connectivity index (χ1v) is 9.46. The lowest BCUT2D eigenvalue weighted by atomic mass is 10.1. The van der Waals surface area contributed by atoms with Gasteiger partial charge in [-0.05, 0) is 31.0 Å². The van der Waals surface area contributed by atoms with E-state index in [0.717, 1.165) is 25.1 Å². The van der Waals surface area contributed by atoms with Crippen LogP contribution < -0.4 is 20.1 Å². The quantitative estimate of drug-likeness (QED) is 0.495. The molecule has 5 rings (SSSR count). The van der Waals surface area contributed by atoms with Gasteiger partial charge in [-0.1, -0.05) is 12.1 Å². The summed E-state index contributed by atoms with van der Waals surface area (Å²) in [6, 6.07) is 11.5. The molecule has 2 aliphatic heterocycles. The van der Waals surface area contributed by atoms with E-state index < -0.39 is 12.0 Å². The average molecular weight is 406 g/mol. The van der Waals surface area contributed by atoms with Crippen LogP contribution in [0.15, 0.2) is 42.5 Å². The molecule has 0 atom stereocenters. The minimum absolute atomic E-state index is 0.140. The number of esters is 1. The van der Waals surface area contributed by atoms with Gasteiger partial charge in [0.15, 0.2) is 28.8 Å². The zero-order chi connectivity index (χ0) is 20.7. The third-order valence-corrected chi connectivity index (χ3v) is 4.91. The van der Waals surface area contributed by atoms with Crippen LogP contribution in [0.4, 0.5) is 16.3 Å². The fourth-order valence-corrected chi connectivity index (χ4v) is 3.56. The van der Waals surface area contributed by atoms with E-state index in [1.807, 2.05) is 16.8 Å². The molecule has 30 heavy (non-hydrogen) atoms. The fourth-order valence-electron chi connectivity index (χ4n) is 3.56. The maximum absolute atomic E-state index is 12.5. The number of methoxy groups -OCH3 is 1. The van der Waals surface area contributed by atoms with Crippen LogP contribution in [0, 0.1) is 0 Å². The van der Waals surface area contributed by atoms with Crippen molar-refractivity contribution in [2.75, 3.05) is 17.7 Å². The molecular weight excluding hydrogens is 388 g/mol. The van der Waals surface area contributed by atoms with Crippen LogP contribution in [0.25, 0.3) is 0 Å². The number of amides is 2. The Hall–Kier alpha value is -4.01. The summed E-state index contributed by atoms with van der Waals surface area (Å²) in [6.45, 7) is 0.852. The molecule has 1 aromatic heterocycles. The van der Waals surface area contributed by atoms with Crippen LogP contribution in [0.5, 0.6) is 23.0 Å². The third-order valence-electron chi connectivity index (χ3n) is 4.91. The van der Waals surface area contributed by atoms with Gasteiger partial charge in [0, 0.05) is 30.1 Å². The largest absolute Gasteiger partial charge is 0.465 e. The number of hydrogen-bond donors (Lipinski definition) is 2. The van der Waals surface area contributed by atoms with Crippen molar-refractivity contribution >= 4 is 23.5 Å². The number of fused-ring (bicyclic) bond motifs is 3. The van der Waals surface area contributed by atoms with Crippen molar-refractivity contribution in [1.82, 2.24) is 9.78 Å². The molecule has 0 bridgehead atoms. The van der Waals surface area contributed by atoms with Gasteiger partial charge in [0.05, 0.1) is 7.11 Å². The molecule has 2 aliphatic rings. The van der Waals surface area contributed by atoms with Crippen molar-refractivity contribution in [1.29, 1.82) is 0 Å². The summed E-state index contributed by atoms with van der Waals surface area (Å²) in [7, 11) is 1.27. The predicted octanol–water partition coefficient (Wildman–Crippen LogP) is 4.16. The molecule has 2 N–H and O–H groups in total. The normalized spacial score (nSPS) is 13.2. The van der Waals surface area contributed by atoms with Crippen molar-refractivity contribution in [2.45, 2.75) is 19.4 Å². The third kappa shape index (κ3) is 3.20. The second-order valence-corrected chi connectivity index (χ2v) is 6.92. The Balaban J connectivity index is 1.41. The number of ether oxygens (including phenoxy) is 3. The Labute approximate surface area is 171 Å². The molecule has 0 saturated carbocycles. The van der Waals surface area contributed by atoms with Gasteiger partial charge < -0.3 is 19.5 Å². The number of carbonyl (C=O) groups excluding carboxylic acids is 2. The Morgan fingerprint density at radius 3 is 2.63 bits per heavy atom. The Bertz CT molecular complexity index is 1150. The molecule has 9 nitrogen and oxygen atoms in total.